The molecule has 0 bridgehead atoms. The van der Waals surface area contributed by atoms with Crippen LogP contribution >= 0.6 is 15.9 Å². The van der Waals surface area contributed by atoms with Gasteiger partial charge in [0.15, 0.2) is 0 Å². The summed E-state index contributed by atoms with van der Waals surface area (Å²) >= 11 is 3.48. The van der Waals surface area contributed by atoms with Crippen molar-refractivity contribution < 1.29 is 14.7 Å². The fourth-order valence-corrected chi connectivity index (χ4v) is 7.76. The van der Waals surface area contributed by atoms with E-state index in [0.717, 1.165) is 75.6 Å². The molecule has 2 aliphatic heterocycles. The number of hydrogen-bond donors (Lipinski definition) is 2. The Labute approximate surface area is 306 Å². The second-order valence-corrected chi connectivity index (χ2v) is 15.1. The van der Waals surface area contributed by atoms with E-state index in [4.69, 9.17) is 0 Å². The Morgan fingerprint density at radius 3 is 2.08 bits per heavy atom. The number of amides is 2. The minimum Gasteiger partial charge on any atom is -0.508 e. The smallest absolute Gasteiger partial charge is 0.254 e. The molecule has 0 radical (unpaired) electrons. The van der Waals surface area contributed by atoms with Crippen LogP contribution in [0.5, 0.6) is 5.75 Å². The van der Waals surface area contributed by atoms with Gasteiger partial charge in [-0.15, -0.1) is 0 Å². The van der Waals surface area contributed by atoms with Gasteiger partial charge in [-0.2, -0.15) is 0 Å². The number of aromatic hydroxyl groups is 1. The summed E-state index contributed by atoms with van der Waals surface area (Å²) in [7, 11) is 0. The molecule has 0 saturated carbocycles. The number of nitrogens with zero attached hydrogens (tertiary/aromatic N) is 2. The van der Waals surface area contributed by atoms with E-state index < -0.39 is 0 Å². The SMILES string of the molecule is O=C(Cc1ccc(Br)cc1)N(CCc1ccc(O)cc1)Cc1ccc(-c2ccccc2C(=O)N2CCC(CCCC3CCNCC3)CC2)cc1. The van der Waals surface area contributed by atoms with Crippen LogP contribution in [0.4, 0.5) is 0 Å². The fourth-order valence-electron chi connectivity index (χ4n) is 7.50. The van der Waals surface area contributed by atoms with Crippen LogP contribution in [-0.4, -0.2) is 59.4 Å². The highest BCUT2D eigenvalue weighted by Crippen LogP contribution is 2.30. The Bertz CT molecular complexity index is 1680. The normalized spacial score (nSPS) is 15.6. The van der Waals surface area contributed by atoms with E-state index >= 15 is 0 Å². The highest BCUT2D eigenvalue weighted by molar-refractivity contribution is 9.10. The quantitative estimate of drug-likeness (QED) is 0.144. The molecule has 2 heterocycles. The van der Waals surface area contributed by atoms with Gasteiger partial charge in [0, 0.05) is 36.2 Å². The lowest BCUT2D eigenvalue weighted by Gasteiger charge is -2.33. The summed E-state index contributed by atoms with van der Waals surface area (Å²) in [4.78, 5) is 31.4. The molecule has 262 valence electrons. The van der Waals surface area contributed by atoms with Crippen LogP contribution in [0.25, 0.3) is 11.1 Å². The summed E-state index contributed by atoms with van der Waals surface area (Å²) in [6.45, 7) is 5.06. The molecule has 7 heteroatoms. The Hall–Kier alpha value is -3.94. The Morgan fingerprint density at radius 1 is 0.760 bits per heavy atom. The summed E-state index contributed by atoms with van der Waals surface area (Å²) < 4.78 is 0.986. The molecule has 4 aromatic carbocycles. The summed E-state index contributed by atoms with van der Waals surface area (Å²) in [6.07, 6.45) is 9.81. The predicted molar refractivity (Wildman–Crippen MR) is 205 cm³/mol. The van der Waals surface area contributed by atoms with Gasteiger partial charge >= 0.3 is 0 Å². The second kappa shape index (κ2) is 17.8. The number of rotatable bonds is 13. The lowest BCUT2D eigenvalue weighted by atomic mass is 9.87. The van der Waals surface area contributed by atoms with E-state index in [2.05, 4.69) is 50.4 Å². The first kappa shape index (κ1) is 35.9. The number of halogens is 1. The first-order chi connectivity index (χ1) is 24.4. The topological polar surface area (TPSA) is 72.9 Å². The van der Waals surface area contributed by atoms with Gasteiger partial charge in [-0.25, -0.2) is 0 Å². The number of carbonyl (C=O) groups excluding carboxylic acids is 2. The first-order valence-corrected chi connectivity index (χ1v) is 19.2. The third-order valence-electron chi connectivity index (χ3n) is 10.6. The third kappa shape index (κ3) is 10.1. The molecule has 2 N–H and O–H groups in total. The van der Waals surface area contributed by atoms with Crippen molar-refractivity contribution in [2.24, 2.45) is 11.8 Å². The maximum Gasteiger partial charge on any atom is 0.254 e. The van der Waals surface area contributed by atoms with Crippen LogP contribution < -0.4 is 5.32 Å². The molecule has 0 unspecified atom stereocenters. The third-order valence-corrected chi connectivity index (χ3v) is 11.1. The van der Waals surface area contributed by atoms with Crippen LogP contribution in [0.2, 0.25) is 0 Å². The summed E-state index contributed by atoms with van der Waals surface area (Å²) in [5.74, 6) is 2.04. The molecule has 6 rings (SSSR count). The van der Waals surface area contributed by atoms with Crippen molar-refractivity contribution in [3.63, 3.8) is 0 Å². The Morgan fingerprint density at radius 2 is 1.38 bits per heavy atom. The Balaban J connectivity index is 1.08. The van der Waals surface area contributed by atoms with Crippen molar-refractivity contribution in [2.45, 2.75) is 64.3 Å². The molecular formula is C43H50BrN3O3. The van der Waals surface area contributed by atoms with Gasteiger partial charge in [0.05, 0.1) is 6.42 Å². The van der Waals surface area contributed by atoms with Gasteiger partial charge in [-0.1, -0.05) is 102 Å². The molecule has 0 spiro atoms. The zero-order valence-electron chi connectivity index (χ0n) is 29.0. The monoisotopic (exact) mass is 735 g/mol. The maximum atomic E-state index is 13.8. The number of benzene rings is 4. The van der Waals surface area contributed by atoms with E-state index in [1.807, 2.05) is 65.6 Å². The minimum atomic E-state index is 0.0664. The van der Waals surface area contributed by atoms with E-state index in [1.165, 1.54) is 45.2 Å². The number of phenolic OH excluding ortho intramolecular Hbond substituents is 1. The molecule has 6 nitrogen and oxygen atoms in total. The largest absolute Gasteiger partial charge is 0.508 e. The standard InChI is InChI=1S/C43H50BrN3O3/c44-38-16-10-35(11-17-38)30-42(49)47(29-24-34-12-18-39(48)19-13-34)31-36-8-14-37(15-9-36)40-6-1-2-7-41(40)43(50)46-27-22-33(23-28-46)5-3-4-32-20-25-45-26-21-32/h1-2,6-19,32-33,45,48H,3-5,20-31H2. The number of likely N-dealkylation sites (tertiary alicyclic amines) is 1. The van der Waals surface area contributed by atoms with Gasteiger partial charge in [0.1, 0.15) is 5.75 Å². The van der Waals surface area contributed by atoms with Gasteiger partial charge in [-0.05, 0) is 115 Å². The zero-order chi connectivity index (χ0) is 34.7. The van der Waals surface area contributed by atoms with Crippen molar-refractivity contribution in [3.05, 3.63) is 124 Å². The van der Waals surface area contributed by atoms with Crippen LogP contribution in [0.3, 0.4) is 0 Å². The molecule has 2 fully saturated rings. The highest BCUT2D eigenvalue weighted by Gasteiger charge is 2.26. The maximum absolute atomic E-state index is 13.8. The minimum absolute atomic E-state index is 0.0664. The Kier molecular flexibility index (Phi) is 12.8. The van der Waals surface area contributed by atoms with Crippen LogP contribution in [0, 0.1) is 11.8 Å². The van der Waals surface area contributed by atoms with Crippen molar-refractivity contribution >= 4 is 27.7 Å². The highest BCUT2D eigenvalue weighted by atomic mass is 79.9. The molecule has 2 saturated heterocycles. The average Bonchev–Trinajstić information content (AvgIpc) is 3.15. The molecule has 2 amide bonds. The fraction of sp³-hybridized carbons (Fsp3) is 0.395. The second-order valence-electron chi connectivity index (χ2n) is 14.1. The lowest BCUT2D eigenvalue weighted by molar-refractivity contribution is -0.131. The molecule has 0 aliphatic carbocycles. The number of nitrogens with one attached hydrogen (secondary N) is 1. The number of carbonyl (C=O) groups is 2. The zero-order valence-corrected chi connectivity index (χ0v) is 30.6. The number of hydrogen-bond acceptors (Lipinski definition) is 4. The van der Waals surface area contributed by atoms with Crippen molar-refractivity contribution in [3.8, 4) is 16.9 Å². The first-order valence-electron chi connectivity index (χ1n) is 18.4. The van der Waals surface area contributed by atoms with Crippen molar-refractivity contribution in [1.82, 2.24) is 15.1 Å². The molecule has 2 aliphatic rings. The molecule has 50 heavy (non-hydrogen) atoms. The summed E-state index contributed by atoms with van der Waals surface area (Å²) in [6, 6.07) is 31.3. The summed E-state index contributed by atoms with van der Waals surface area (Å²) in [5, 5.41) is 13.2. The van der Waals surface area contributed by atoms with Gasteiger partial charge in [-0.3, -0.25) is 9.59 Å². The molecule has 0 aromatic heterocycles. The van der Waals surface area contributed by atoms with Gasteiger partial charge < -0.3 is 20.2 Å². The number of piperidine rings is 2. The van der Waals surface area contributed by atoms with E-state index in [-0.39, 0.29) is 17.6 Å². The summed E-state index contributed by atoms with van der Waals surface area (Å²) in [5.41, 5.74) is 5.78. The average molecular weight is 737 g/mol. The molecule has 0 atom stereocenters. The molecule has 4 aromatic rings. The van der Waals surface area contributed by atoms with Crippen LogP contribution in [0.15, 0.2) is 102 Å². The predicted octanol–water partition coefficient (Wildman–Crippen LogP) is 8.66. The van der Waals surface area contributed by atoms with E-state index in [1.54, 1.807) is 12.1 Å². The molecular weight excluding hydrogens is 686 g/mol. The van der Waals surface area contributed by atoms with Crippen LogP contribution in [-0.2, 0) is 24.2 Å². The number of phenols is 1. The van der Waals surface area contributed by atoms with Gasteiger partial charge in [0.25, 0.3) is 5.91 Å². The van der Waals surface area contributed by atoms with Gasteiger partial charge in [0.2, 0.25) is 5.91 Å². The van der Waals surface area contributed by atoms with E-state index in [9.17, 15) is 14.7 Å². The van der Waals surface area contributed by atoms with E-state index in [0.29, 0.717) is 25.9 Å². The lowest BCUT2D eigenvalue weighted by Crippen LogP contribution is -2.38. The van der Waals surface area contributed by atoms with Crippen molar-refractivity contribution in [1.29, 1.82) is 0 Å². The van der Waals surface area contributed by atoms with Crippen LogP contribution in [0.1, 0.15) is 72.0 Å². The van der Waals surface area contributed by atoms with Crippen molar-refractivity contribution in [2.75, 3.05) is 32.7 Å².